The zero-order valence-electron chi connectivity index (χ0n) is 11.1. The molecule has 0 N–H and O–H groups in total. The van der Waals surface area contributed by atoms with E-state index in [0.717, 1.165) is 43.5 Å². The molecule has 1 atom stereocenters. The van der Waals surface area contributed by atoms with Gasteiger partial charge in [0.2, 0.25) is 0 Å². The topological polar surface area (TPSA) is 35.9 Å². The summed E-state index contributed by atoms with van der Waals surface area (Å²) in [4.78, 5) is 13.1. The van der Waals surface area contributed by atoms with Gasteiger partial charge in [-0.2, -0.15) is 18.3 Å². The van der Waals surface area contributed by atoms with Crippen molar-refractivity contribution in [3.63, 3.8) is 0 Å². The summed E-state index contributed by atoms with van der Waals surface area (Å²) >= 11 is 0. The van der Waals surface area contributed by atoms with Crippen LogP contribution in [0.4, 0.5) is 13.2 Å². The summed E-state index contributed by atoms with van der Waals surface area (Å²) in [6.45, 7) is -1.16. The highest BCUT2D eigenvalue weighted by Crippen LogP contribution is 2.38. The van der Waals surface area contributed by atoms with Crippen LogP contribution in [0.3, 0.4) is 0 Å². The van der Waals surface area contributed by atoms with Crippen LogP contribution in [0.2, 0.25) is 0 Å². The van der Waals surface area contributed by atoms with Crippen LogP contribution in [0, 0.1) is 5.92 Å². The second-order valence-corrected chi connectivity index (χ2v) is 5.84. The van der Waals surface area contributed by atoms with Crippen molar-refractivity contribution in [1.29, 1.82) is 0 Å². The number of alkyl halides is 3. The van der Waals surface area contributed by atoms with Gasteiger partial charge in [-0.05, 0) is 25.7 Å². The van der Waals surface area contributed by atoms with Crippen LogP contribution in [0.1, 0.15) is 38.5 Å². The molecule has 7 heteroatoms. The Hall–Kier alpha value is -1.27. The van der Waals surface area contributed by atoms with E-state index in [9.17, 15) is 18.0 Å². The van der Waals surface area contributed by atoms with Gasteiger partial charge in [-0.3, -0.25) is 9.80 Å². The molecule has 0 bridgehead atoms. The predicted molar refractivity (Wildman–Crippen MR) is 66.9 cm³/mol. The third kappa shape index (κ3) is 2.62. The monoisotopic (exact) mass is 289 g/mol. The van der Waals surface area contributed by atoms with Gasteiger partial charge in [0, 0.05) is 12.0 Å². The van der Waals surface area contributed by atoms with Gasteiger partial charge in [-0.15, -0.1) is 0 Å². The fraction of sp³-hybridized carbons (Fsp3) is 0.846. The van der Waals surface area contributed by atoms with Crippen LogP contribution >= 0.6 is 0 Å². The van der Waals surface area contributed by atoms with Gasteiger partial charge in [0.1, 0.15) is 12.4 Å². The predicted octanol–water partition coefficient (Wildman–Crippen LogP) is 2.36. The summed E-state index contributed by atoms with van der Waals surface area (Å²) in [6, 6.07) is 0.197. The molecule has 4 nitrogen and oxygen atoms in total. The highest BCUT2D eigenvalue weighted by Gasteiger charge is 2.47. The Morgan fingerprint density at radius 1 is 1.20 bits per heavy atom. The Bertz CT molecular complexity index is 414. The summed E-state index contributed by atoms with van der Waals surface area (Å²) in [5, 5.41) is 5.09. The first-order valence-corrected chi connectivity index (χ1v) is 7.15. The molecule has 112 valence electrons. The van der Waals surface area contributed by atoms with Gasteiger partial charge in [0.25, 0.3) is 0 Å². The number of hydrogen-bond acceptors (Lipinski definition) is 4. The molecular weight excluding hydrogens is 271 g/mol. The SMILES string of the molecule is O=CC1N(CC(F)(F)F)N=C(C2CCCC2)N1C1CC1. The zero-order chi connectivity index (χ0) is 14.3. The van der Waals surface area contributed by atoms with Crippen molar-refractivity contribution in [2.24, 2.45) is 11.0 Å². The Kier molecular flexibility index (Phi) is 3.38. The van der Waals surface area contributed by atoms with Crippen molar-refractivity contribution >= 4 is 12.1 Å². The average Bonchev–Trinajstić information content (AvgIpc) is 2.93. The largest absolute Gasteiger partial charge is 0.407 e. The molecule has 0 aromatic rings. The zero-order valence-corrected chi connectivity index (χ0v) is 11.1. The molecule has 0 saturated heterocycles. The van der Waals surface area contributed by atoms with Gasteiger partial charge < -0.3 is 4.90 Å². The second-order valence-electron chi connectivity index (χ2n) is 5.84. The van der Waals surface area contributed by atoms with Gasteiger partial charge in [-0.1, -0.05) is 12.8 Å². The first-order chi connectivity index (χ1) is 9.49. The van der Waals surface area contributed by atoms with Gasteiger partial charge in [-0.25, -0.2) is 0 Å². The molecule has 0 amide bonds. The molecule has 1 unspecified atom stereocenters. The molecule has 20 heavy (non-hydrogen) atoms. The minimum atomic E-state index is -4.34. The van der Waals surface area contributed by atoms with E-state index in [4.69, 9.17) is 0 Å². The smallest absolute Gasteiger partial charge is 0.328 e. The maximum Gasteiger partial charge on any atom is 0.407 e. The lowest BCUT2D eigenvalue weighted by atomic mass is 10.1. The first kappa shape index (κ1) is 13.7. The summed E-state index contributed by atoms with van der Waals surface area (Å²) in [6.07, 6.45) is 1.37. The molecule has 2 fully saturated rings. The maximum atomic E-state index is 12.6. The maximum absolute atomic E-state index is 12.6. The standard InChI is InChI=1S/C13H18F3N3O/c14-13(15,16)8-18-11(7-20)19(10-5-6-10)12(17-18)9-3-1-2-4-9/h7,9-11H,1-6,8H2. The van der Waals surface area contributed by atoms with Crippen molar-refractivity contribution < 1.29 is 18.0 Å². The molecule has 2 aliphatic carbocycles. The molecule has 0 aromatic carbocycles. The van der Waals surface area contributed by atoms with E-state index in [1.165, 1.54) is 0 Å². The number of carbonyl (C=O) groups is 1. The summed E-state index contributed by atoms with van der Waals surface area (Å²) in [7, 11) is 0. The second kappa shape index (κ2) is 4.93. The minimum Gasteiger partial charge on any atom is -0.328 e. The Labute approximate surface area is 115 Å². The van der Waals surface area contributed by atoms with Crippen molar-refractivity contribution in [1.82, 2.24) is 9.91 Å². The number of hydrogen-bond donors (Lipinski definition) is 0. The molecular formula is C13H18F3N3O. The molecule has 1 aliphatic heterocycles. The van der Waals surface area contributed by atoms with Gasteiger partial charge in [0.05, 0.1) is 0 Å². The fourth-order valence-corrected chi connectivity index (χ4v) is 3.20. The number of carbonyl (C=O) groups excluding carboxylic acids is 1. The van der Waals surface area contributed by atoms with Crippen LogP contribution in [0.5, 0.6) is 0 Å². The summed E-state index contributed by atoms with van der Waals surface area (Å²) in [5.74, 6) is 0.933. The third-order valence-corrected chi connectivity index (χ3v) is 4.21. The lowest BCUT2D eigenvalue weighted by Crippen LogP contribution is -2.48. The highest BCUT2D eigenvalue weighted by atomic mass is 19.4. The molecule has 0 aromatic heterocycles. The summed E-state index contributed by atoms with van der Waals surface area (Å²) in [5.41, 5.74) is 0. The van der Waals surface area contributed by atoms with Crippen molar-refractivity contribution in [2.45, 2.75) is 56.9 Å². The van der Waals surface area contributed by atoms with Crippen LogP contribution in [0.15, 0.2) is 5.10 Å². The van der Waals surface area contributed by atoms with E-state index in [1.54, 1.807) is 0 Å². The number of halogens is 3. The quantitative estimate of drug-likeness (QED) is 0.745. The van der Waals surface area contributed by atoms with Crippen LogP contribution < -0.4 is 0 Å². The van der Waals surface area contributed by atoms with E-state index < -0.39 is 18.9 Å². The normalized spacial score (nSPS) is 28.1. The van der Waals surface area contributed by atoms with Gasteiger partial charge in [0.15, 0.2) is 12.5 Å². The molecule has 0 radical (unpaired) electrons. The van der Waals surface area contributed by atoms with E-state index in [-0.39, 0.29) is 12.0 Å². The minimum absolute atomic E-state index is 0.197. The number of rotatable bonds is 4. The molecule has 3 aliphatic rings. The fourth-order valence-electron chi connectivity index (χ4n) is 3.20. The van der Waals surface area contributed by atoms with E-state index >= 15 is 0 Å². The number of hydrazone groups is 1. The van der Waals surface area contributed by atoms with Crippen LogP contribution in [-0.2, 0) is 4.79 Å². The summed E-state index contributed by atoms with van der Waals surface area (Å²) < 4.78 is 37.9. The van der Waals surface area contributed by atoms with Crippen molar-refractivity contribution in [3.8, 4) is 0 Å². The van der Waals surface area contributed by atoms with Gasteiger partial charge >= 0.3 is 6.18 Å². The molecule has 0 spiro atoms. The average molecular weight is 289 g/mol. The number of aldehydes is 1. The third-order valence-electron chi connectivity index (χ3n) is 4.21. The van der Waals surface area contributed by atoms with Crippen LogP contribution in [-0.4, -0.2) is 47.0 Å². The Morgan fingerprint density at radius 2 is 1.85 bits per heavy atom. The highest BCUT2D eigenvalue weighted by molar-refractivity contribution is 5.89. The van der Waals surface area contributed by atoms with Crippen molar-refractivity contribution in [2.75, 3.05) is 6.54 Å². The molecule has 2 saturated carbocycles. The Balaban J connectivity index is 1.83. The number of amidine groups is 1. The van der Waals surface area contributed by atoms with E-state index in [2.05, 4.69) is 5.10 Å². The molecule has 1 heterocycles. The van der Waals surface area contributed by atoms with E-state index in [1.807, 2.05) is 4.90 Å². The number of nitrogens with zero attached hydrogens (tertiary/aromatic N) is 3. The van der Waals surface area contributed by atoms with Crippen LogP contribution in [0.25, 0.3) is 0 Å². The first-order valence-electron chi connectivity index (χ1n) is 7.15. The van der Waals surface area contributed by atoms with E-state index in [0.29, 0.717) is 12.1 Å². The lowest BCUT2D eigenvalue weighted by molar-refractivity contribution is -0.155. The lowest BCUT2D eigenvalue weighted by Gasteiger charge is -2.29. The Morgan fingerprint density at radius 3 is 2.35 bits per heavy atom. The van der Waals surface area contributed by atoms with Crippen molar-refractivity contribution in [3.05, 3.63) is 0 Å². The molecule has 3 rings (SSSR count).